The van der Waals surface area contributed by atoms with Crippen LogP contribution >= 0.6 is 11.6 Å². The van der Waals surface area contributed by atoms with E-state index in [2.05, 4.69) is 31.1 Å². The smallest absolute Gasteiger partial charge is 0.280 e. The lowest BCUT2D eigenvalue weighted by atomic mass is 9.89. The first-order valence-corrected chi connectivity index (χ1v) is 6.92. The number of halogens is 1. The zero-order chi connectivity index (χ0) is 15.1. The SMILES string of the molecule is O=C(Nc1nn[nH]n1)c1noc2c1CCc1cc(Cl)ccc1-2. The fraction of sp³-hybridized carbons (Fsp3) is 0.154. The van der Waals surface area contributed by atoms with Crippen LogP contribution in [0.4, 0.5) is 5.95 Å². The minimum atomic E-state index is -0.427. The van der Waals surface area contributed by atoms with Gasteiger partial charge < -0.3 is 4.52 Å². The fourth-order valence-electron chi connectivity index (χ4n) is 2.56. The number of nitrogens with one attached hydrogen (secondary N) is 2. The number of H-pyrrole nitrogens is 1. The number of rotatable bonds is 2. The van der Waals surface area contributed by atoms with Crippen molar-refractivity contribution in [1.29, 1.82) is 0 Å². The molecule has 8 nitrogen and oxygen atoms in total. The van der Waals surface area contributed by atoms with Gasteiger partial charge in [-0.2, -0.15) is 5.21 Å². The van der Waals surface area contributed by atoms with Crippen molar-refractivity contribution in [1.82, 2.24) is 25.8 Å². The number of aromatic nitrogens is 5. The van der Waals surface area contributed by atoms with Crippen LogP contribution in [-0.4, -0.2) is 31.7 Å². The second kappa shape index (κ2) is 4.92. The molecule has 1 amide bonds. The highest BCUT2D eigenvalue weighted by Crippen LogP contribution is 2.36. The Morgan fingerprint density at radius 3 is 3.09 bits per heavy atom. The standard InChI is InChI=1S/C13H9ClN6O2/c14-7-2-4-8-6(5-7)1-3-9-10(18-22-11(8)9)12(21)15-13-16-19-20-17-13/h2,4-5H,1,3H2,(H2,15,16,17,19,20,21). The minimum absolute atomic E-state index is 0.0877. The van der Waals surface area contributed by atoms with Gasteiger partial charge in [0.05, 0.1) is 0 Å². The zero-order valence-corrected chi connectivity index (χ0v) is 11.9. The number of tetrazole rings is 1. The molecule has 0 spiro atoms. The lowest BCUT2D eigenvalue weighted by Gasteiger charge is -2.14. The highest BCUT2D eigenvalue weighted by molar-refractivity contribution is 6.30. The van der Waals surface area contributed by atoms with E-state index in [0.717, 1.165) is 23.1 Å². The van der Waals surface area contributed by atoms with Crippen molar-refractivity contribution in [3.8, 4) is 11.3 Å². The first-order valence-electron chi connectivity index (χ1n) is 6.54. The molecule has 2 N–H and O–H groups in total. The average Bonchev–Trinajstić information content (AvgIpc) is 3.15. The molecule has 0 atom stereocenters. The Balaban J connectivity index is 1.71. The Hall–Kier alpha value is -2.74. The van der Waals surface area contributed by atoms with Gasteiger partial charge in [0.25, 0.3) is 11.9 Å². The number of amides is 1. The van der Waals surface area contributed by atoms with Crippen LogP contribution in [0.5, 0.6) is 0 Å². The van der Waals surface area contributed by atoms with Crippen LogP contribution < -0.4 is 5.32 Å². The molecule has 0 saturated carbocycles. The summed E-state index contributed by atoms with van der Waals surface area (Å²) in [5.41, 5.74) is 3.01. The van der Waals surface area contributed by atoms with Crippen molar-refractivity contribution >= 4 is 23.5 Å². The van der Waals surface area contributed by atoms with Crippen molar-refractivity contribution in [2.24, 2.45) is 0 Å². The Kier molecular flexibility index (Phi) is 2.90. The number of nitrogens with zero attached hydrogens (tertiary/aromatic N) is 4. The highest BCUT2D eigenvalue weighted by atomic mass is 35.5. The van der Waals surface area contributed by atoms with Crippen LogP contribution in [0, 0.1) is 0 Å². The van der Waals surface area contributed by atoms with Gasteiger partial charge in [0.15, 0.2) is 11.5 Å². The molecule has 110 valence electrons. The monoisotopic (exact) mass is 316 g/mol. The first-order chi connectivity index (χ1) is 10.7. The largest absolute Gasteiger partial charge is 0.355 e. The molecule has 2 heterocycles. The second-order valence-electron chi connectivity index (χ2n) is 4.83. The van der Waals surface area contributed by atoms with E-state index in [1.54, 1.807) is 6.07 Å². The zero-order valence-electron chi connectivity index (χ0n) is 11.1. The summed E-state index contributed by atoms with van der Waals surface area (Å²) in [5, 5.41) is 20.1. The molecule has 1 aromatic carbocycles. The number of aryl methyl sites for hydroxylation is 1. The molecule has 3 aromatic rings. The van der Waals surface area contributed by atoms with E-state index >= 15 is 0 Å². The molecular weight excluding hydrogens is 308 g/mol. The molecule has 0 fully saturated rings. The molecule has 0 saturated heterocycles. The van der Waals surface area contributed by atoms with Gasteiger partial charge in [-0.25, -0.2) is 0 Å². The average molecular weight is 317 g/mol. The second-order valence-corrected chi connectivity index (χ2v) is 5.27. The summed E-state index contributed by atoms with van der Waals surface area (Å²) < 4.78 is 5.38. The van der Waals surface area contributed by atoms with Crippen molar-refractivity contribution in [2.75, 3.05) is 5.32 Å². The van der Waals surface area contributed by atoms with Crippen molar-refractivity contribution in [3.63, 3.8) is 0 Å². The van der Waals surface area contributed by atoms with Gasteiger partial charge in [0.1, 0.15) is 0 Å². The maximum Gasteiger partial charge on any atom is 0.280 e. The normalized spacial score (nSPS) is 12.6. The summed E-state index contributed by atoms with van der Waals surface area (Å²) in [6, 6.07) is 5.57. The number of carbonyl (C=O) groups excluding carboxylic acids is 1. The third-order valence-electron chi connectivity index (χ3n) is 3.53. The molecule has 0 radical (unpaired) electrons. The van der Waals surface area contributed by atoms with Gasteiger partial charge in [0, 0.05) is 16.1 Å². The summed E-state index contributed by atoms with van der Waals surface area (Å²) >= 11 is 6.01. The van der Waals surface area contributed by atoms with E-state index in [9.17, 15) is 4.79 Å². The van der Waals surface area contributed by atoms with E-state index in [0.29, 0.717) is 17.2 Å². The van der Waals surface area contributed by atoms with Gasteiger partial charge >= 0.3 is 0 Å². The third kappa shape index (κ3) is 2.04. The van der Waals surface area contributed by atoms with E-state index < -0.39 is 5.91 Å². The summed E-state index contributed by atoms with van der Waals surface area (Å²) in [6.07, 6.45) is 1.42. The number of anilines is 1. The number of carbonyl (C=O) groups is 1. The van der Waals surface area contributed by atoms with Gasteiger partial charge in [-0.1, -0.05) is 21.9 Å². The predicted octanol–water partition coefficient (Wildman–Crippen LogP) is 1.86. The topological polar surface area (TPSA) is 110 Å². The molecule has 0 bridgehead atoms. The molecule has 0 aliphatic heterocycles. The molecule has 1 aliphatic carbocycles. The molecule has 2 aromatic heterocycles. The van der Waals surface area contributed by atoms with Crippen LogP contribution in [0.3, 0.4) is 0 Å². The number of hydrogen-bond donors (Lipinski definition) is 2. The number of hydrogen-bond acceptors (Lipinski definition) is 6. The number of fused-ring (bicyclic) bond motifs is 3. The number of aromatic amines is 1. The maximum atomic E-state index is 12.2. The Morgan fingerprint density at radius 1 is 1.36 bits per heavy atom. The van der Waals surface area contributed by atoms with E-state index in [1.165, 1.54) is 0 Å². The van der Waals surface area contributed by atoms with Gasteiger partial charge in [-0.05, 0) is 41.8 Å². The van der Waals surface area contributed by atoms with Gasteiger partial charge in [-0.15, -0.1) is 5.10 Å². The van der Waals surface area contributed by atoms with Crippen molar-refractivity contribution in [3.05, 3.63) is 40.0 Å². The van der Waals surface area contributed by atoms with Crippen LogP contribution in [0.15, 0.2) is 22.7 Å². The van der Waals surface area contributed by atoms with Crippen molar-refractivity contribution in [2.45, 2.75) is 12.8 Å². The van der Waals surface area contributed by atoms with Crippen LogP contribution in [-0.2, 0) is 12.8 Å². The molecule has 22 heavy (non-hydrogen) atoms. The number of benzene rings is 1. The first kappa shape index (κ1) is 13.0. The Labute approximate surface area is 128 Å². The van der Waals surface area contributed by atoms with Crippen LogP contribution in [0.1, 0.15) is 21.6 Å². The van der Waals surface area contributed by atoms with E-state index in [-0.39, 0.29) is 11.6 Å². The molecule has 1 aliphatic rings. The van der Waals surface area contributed by atoms with Crippen LogP contribution in [0.2, 0.25) is 5.02 Å². The fourth-order valence-corrected chi connectivity index (χ4v) is 2.75. The molecular formula is C13H9ClN6O2. The van der Waals surface area contributed by atoms with Gasteiger partial charge in [-0.3, -0.25) is 10.1 Å². The van der Waals surface area contributed by atoms with E-state index in [4.69, 9.17) is 16.1 Å². The maximum absolute atomic E-state index is 12.2. The summed E-state index contributed by atoms with van der Waals surface area (Å²) in [5.74, 6) is 0.268. The highest BCUT2D eigenvalue weighted by Gasteiger charge is 2.28. The summed E-state index contributed by atoms with van der Waals surface area (Å²) in [6.45, 7) is 0. The predicted molar refractivity (Wildman–Crippen MR) is 76.5 cm³/mol. The minimum Gasteiger partial charge on any atom is -0.355 e. The van der Waals surface area contributed by atoms with Crippen molar-refractivity contribution < 1.29 is 9.32 Å². The summed E-state index contributed by atoms with van der Waals surface area (Å²) in [4.78, 5) is 12.2. The quantitative estimate of drug-likeness (QED) is 0.746. The van der Waals surface area contributed by atoms with E-state index in [1.807, 2.05) is 12.1 Å². The molecule has 4 rings (SSSR count). The summed E-state index contributed by atoms with van der Waals surface area (Å²) in [7, 11) is 0. The van der Waals surface area contributed by atoms with Crippen LogP contribution in [0.25, 0.3) is 11.3 Å². The van der Waals surface area contributed by atoms with Gasteiger partial charge in [0.2, 0.25) is 0 Å². The Morgan fingerprint density at radius 2 is 2.27 bits per heavy atom. The Bertz CT molecular complexity index is 858. The molecule has 0 unspecified atom stereocenters. The lowest BCUT2D eigenvalue weighted by molar-refractivity contribution is 0.101. The lowest BCUT2D eigenvalue weighted by Crippen LogP contribution is -2.16. The third-order valence-corrected chi connectivity index (χ3v) is 3.77. The molecule has 9 heteroatoms.